The lowest BCUT2D eigenvalue weighted by Gasteiger charge is -2.24. The molecule has 1 atom stereocenters. The van der Waals surface area contributed by atoms with Gasteiger partial charge in [-0.15, -0.1) is 0 Å². The maximum Gasteiger partial charge on any atom is 0.257 e. The van der Waals surface area contributed by atoms with Crippen LogP contribution in [0.1, 0.15) is 15.9 Å². The number of hydrogen-bond acceptors (Lipinski definition) is 6. The Hall–Kier alpha value is -3.97. The Morgan fingerprint density at radius 3 is 2.89 bits per heavy atom. The number of hydrogen-bond donors (Lipinski definition) is 1. The van der Waals surface area contributed by atoms with Crippen molar-refractivity contribution in [3.05, 3.63) is 90.3 Å². The summed E-state index contributed by atoms with van der Waals surface area (Å²) in [5.74, 6) is 1.40. The van der Waals surface area contributed by atoms with Crippen LogP contribution in [0.4, 0.5) is 11.5 Å². The third-order valence-electron chi connectivity index (χ3n) is 6.19. The summed E-state index contributed by atoms with van der Waals surface area (Å²) in [5.41, 5.74) is 3.54. The van der Waals surface area contributed by atoms with Crippen LogP contribution in [-0.2, 0) is 11.2 Å². The number of pyridine rings is 2. The molecular weight excluding hydrogens is 440 g/mol. The highest BCUT2D eigenvalue weighted by atomic mass is 16.5. The van der Waals surface area contributed by atoms with Gasteiger partial charge in [0.25, 0.3) is 5.91 Å². The minimum absolute atomic E-state index is 0.0540. The standard InChI is InChI=1S/C28H28N4O3/c1-34-24-7-2-6-23(17-24)31-27-25(8-4-12-30-27)28(33)32-13-14-35-19-21(18-32)15-20-9-10-26-22(16-20)5-3-11-29-26/h2-12,16-17,21H,13-15,18-19H2,1H3,(H,30,31)/t21-/m0/s1. The second kappa shape index (κ2) is 10.5. The lowest BCUT2D eigenvalue weighted by atomic mass is 9.98. The van der Waals surface area contributed by atoms with Gasteiger partial charge in [-0.05, 0) is 54.4 Å². The molecule has 5 rings (SSSR count). The Morgan fingerprint density at radius 1 is 1.09 bits per heavy atom. The van der Waals surface area contributed by atoms with E-state index in [9.17, 15) is 4.79 Å². The maximum atomic E-state index is 13.6. The average molecular weight is 469 g/mol. The summed E-state index contributed by atoms with van der Waals surface area (Å²) in [5, 5.41) is 4.40. The van der Waals surface area contributed by atoms with E-state index in [1.54, 1.807) is 25.6 Å². The number of rotatable bonds is 6. The second-order valence-electron chi connectivity index (χ2n) is 8.68. The Balaban J connectivity index is 1.33. The Kier molecular flexibility index (Phi) is 6.86. The monoisotopic (exact) mass is 468 g/mol. The lowest BCUT2D eigenvalue weighted by molar-refractivity contribution is 0.0738. The molecule has 0 radical (unpaired) electrons. The molecule has 1 amide bonds. The summed E-state index contributed by atoms with van der Waals surface area (Å²) >= 11 is 0. The fourth-order valence-electron chi connectivity index (χ4n) is 4.46. The number of amides is 1. The first-order valence-corrected chi connectivity index (χ1v) is 11.8. The van der Waals surface area contributed by atoms with E-state index in [0.29, 0.717) is 37.7 Å². The molecule has 1 aliphatic heterocycles. The molecule has 2 aromatic heterocycles. The summed E-state index contributed by atoms with van der Waals surface area (Å²) in [6, 6.07) is 21.5. The van der Waals surface area contributed by atoms with Gasteiger partial charge in [-0.3, -0.25) is 9.78 Å². The second-order valence-corrected chi connectivity index (χ2v) is 8.68. The fourth-order valence-corrected chi connectivity index (χ4v) is 4.46. The van der Waals surface area contributed by atoms with Crippen molar-refractivity contribution >= 4 is 28.3 Å². The van der Waals surface area contributed by atoms with Crippen LogP contribution in [0.15, 0.2) is 79.1 Å². The third-order valence-corrected chi connectivity index (χ3v) is 6.19. The van der Waals surface area contributed by atoms with Crippen molar-refractivity contribution in [3.63, 3.8) is 0 Å². The van der Waals surface area contributed by atoms with Crippen molar-refractivity contribution in [2.75, 3.05) is 38.7 Å². The zero-order chi connectivity index (χ0) is 24.0. The molecule has 0 bridgehead atoms. The molecule has 1 N–H and O–H groups in total. The predicted molar refractivity (Wildman–Crippen MR) is 136 cm³/mol. The number of nitrogens with zero attached hydrogens (tertiary/aromatic N) is 3. The van der Waals surface area contributed by atoms with Crippen molar-refractivity contribution in [2.24, 2.45) is 5.92 Å². The smallest absolute Gasteiger partial charge is 0.257 e. The number of ether oxygens (including phenoxy) is 2. The van der Waals surface area contributed by atoms with E-state index in [1.165, 1.54) is 5.56 Å². The number of benzene rings is 2. The third kappa shape index (κ3) is 5.41. The molecule has 0 saturated carbocycles. The van der Waals surface area contributed by atoms with E-state index in [2.05, 4.69) is 39.6 Å². The van der Waals surface area contributed by atoms with Crippen molar-refractivity contribution in [1.82, 2.24) is 14.9 Å². The minimum atomic E-state index is -0.0540. The first kappa shape index (κ1) is 22.8. The Labute approximate surface area is 204 Å². The maximum absolute atomic E-state index is 13.6. The molecule has 4 aromatic rings. The summed E-state index contributed by atoms with van der Waals surface area (Å²) < 4.78 is 11.2. The van der Waals surface area contributed by atoms with Gasteiger partial charge in [0.15, 0.2) is 0 Å². The topological polar surface area (TPSA) is 76.6 Å². The summed E-state index contributed by atoms with van der Waals surface area (Å²) in [4.78, 5) is 24.4. The van der Waals surface area contributed by atoms with Crippen molar-refractivity contribution in [1.29, 1.82) is 0 Å². The van der Waals surface area contributed by atoms with Crippen LogP contribution >= 0.6 is 0 Å². The molecule has 7 heteroatoms. The van der Waals surface area contributed by atoms with E-state index >= 15 is 0 Å². The van der Waals surface area contributed by atoms with Gasteiger partial charge in [-0.25, -0.2) is 4.98 Å². The SMILES string of the molecule is COc1cccc(Nc2ncccc2C(=O)N2CCOC[C@@H](Cc3ccc4ncccc4c3)C2)c1. The quantitative estimate of drug-likeness (QED) is 0.442. The first-order chi connectivity index (χ1) is 17.2. The highest BCUT2D eigenvalue weighted by molar-refractivity contribution is 5.99. The first-order valence-electron chi connectivity index (χ1n) is 11.8. The number of nitrogens with one attached hydrogen (secondary N) is 1. The van der Waals surface area contributed by atoms with E-state index in [0.717, 1.165) is 28.8 Å². The molecule has 1 aliphatic rings. The molecular formula is C28H28N4O3. The van der Waals surface area contributed by atoms with Crippen LogP contribution in [0.2, 0.25) is 0 Å². The molecule has 35 heavy (non-hydrogen) atoms. The van der Waals surface area contributed by atoms with Crippen molar-refractivity contribution in [2.45, 2.75) is 6.42 Å². The van der Waals surface area contributed by atoms with Crippen LogP contribution in [0.5, 0.6) is 5.75 Å². The number of carbonyl (C=O) groups is 1. The van der Waals surface area contributed by atoms with Gasteiger partial charge in [0.2, 0.25) is 0 Å². The fraction of sp³-hybridized carbons (Fsp3) is 0.250. The molecule has 178 valence electrons. The molecule has 3 heterocycles. The molecule has 0 aliphatic carbocycles. The Morgan fingerprint density at radius 2 is 1.97 bits per heavy atom. The van der Waals surface area contributed by atoms with Gasteiger partial charge in [0, 0.05) is 48.5 Å². The average Bonchev–Trinajstić information content (AvgIpc) is 3.14. The summed E-state index contributed by atoms with van der Waals surface area (Å²) in [7, 11) is 1.63. The highest BCUT2D eigenvalue weighted by Crippen LogP contribution is 2.25. The van der Waals surface area contributed by atoms with Gasteiger partial charge < -0.3 is 19.7 Å². The number of aromatic nitrogens is 2. The van der Waals surface area contributed by atoms with Crippen LogP contribution in [0.25, 0.3) is 10.9 Å². The van der Waals surface area contributed by atoms with Crippen LogP contribution in [0, 0.1) is 5.92 Å². The minimum Gasteiger partial charge on any atom is -0.497 e. The van der Waals surface area contributed by atoms with E-state index < -0.39 is 0 Å². The number of fused-ring (bicyclic) bond motifs is 1. The van der Waals surface area contributed by atoms with Crippen LogP contribution in [-0.4, -0.2) is 54.2 Å². The van der Waals surface area contributed by atoms with Crippen molar-refractivity contribution in [3.8, 4) is 5.75 Å². The highest BCUT2D eigenvalue weighted by Gasteiger charge is 2.25. The molecule has 1 fully saturated rings. The zero-order valence-electron chi connectivity index (χ0n) is 19.7. The van der Waals surface area contributed by atoms with E-state index in [-0.39, 0.29) is 11.8 Å². The van der Waals surface area contributed by atoms with E-state index in [1.807, 2.05) is 41.3 Å². The van der Waals surface area contributed by atoms with Gasteiger partial charge in [-0.1, -0.05) is 18.2 Å². The summed E-state index contributed by atoms with van der Waals surface area (Å²) in [6.07, 6.45) is 4.32. The number of methoxy groups -OCH3 is 1. The largest absolute Gasteiger partial charge is 0.497 e. The number of carbonyl (C=O) groups excluding carboxylic acids is 1. The Bertz CT molecular complexity index is 1330. The molecule has 7 nitrogen and oxygen atoms in total. The molecule has 2 aromatic carbocycles. The number of anilines is 2. The van der Waals surface area contributed by atoms with E-state index in [4.69, 9.17) is 9.47 Å². The van der Waals surface area contributed by atoms with Crippen LogP contribution < -0.4 is 10.1 Å². The lowest BCUT2D eigenvalue weighted by Crippen LogP contribution is -2.36. The normalized spacial score (nSPS) is 16.0. The van der Waals surface area contributed by atoms with Gasteiger partial charge >= 0.3 is 0 Å². The molecule has 0 unspecified atom stereocenters. The zero-order valence-corrected chi connectivity index (χ0v) is 19.7. The van der Waals surface area contributed by atoms with Crippen molar-refractivity contribution < 1.29 is 14.3 Å². The van der Waals surface area contributed by atoms with Gasteiger partial charge in [0.1, 0.15) is 11.6 Å². The van der Waals surface area contributed by atoms with Crippen LogP contribution in [0.3, 0.4) is 0 Å². The summed E-state index contributed by atoms with van der Waals surface area (Å²) in [6.45, 7) is 2.31. The predicted octanol–water partition coefficient (Wildman–Crippen LogP) is 4.71. The van der Waals surface area contributed by atoms with Gasteiger partial charge in [-0.2, -0.15) is 0 Å². The molecule has 1 saturated heterocycles. The van der Waals surface area contributed by atoms with Gasteiger partial charge in [0.05, 0.1) is 31.4 Å². The molecule has 0 spiro atoms.